The van der Waals surface area contributed by atoms with Gasteiger partial charge in [-0.25, -0.2) is 19.5 Å². The summed E-state index contributed by atoms with van der Waals surface area (Å²) in [4.78, 5) is 32.1. The zero-order chi connectivity index (χ0) is 25.6. The average Bonchev–Trinajstić information content (AvgIpc) is 3.42. The van der Waals surface area contributed by atoms with Crippen molar-refractivity contribution in [2.24, 2.45) is 0 Å². The summed E-state index contributed by atoms with van der Waals surface area (Å²) in [7, 11) is -1.38. The maximum atomic E-state index is 10.3. The van der Waals surface area contributed by atoms with Crippen molar-refractivity contribution in [2.45, 2.75) is 31.1 Å². The third-order valence-corrected chi connectivity index (χ3v) is 5.39. The van der Waals surface area contributed by atoms with Gasteiger partial charge < -0.3 is 49.6 Å². The number of aliphatic hydroxyl groups excluding tert-OH is 3. The molecule has 35 heavy (non-hydrogen) atoms. The topological polar surface area (TPSA) is 222 Å². The molecule has 4 atom stereocenters. The summed E-state index contributed by atoms with van der Waals surface area (Å²) >= 11 is 0. The lowest BCUT2D eigenvalue weighted by Crippen LogP contribution is -2.34. The first-order valence-electron chi connectivity index (χ1n) is 10.1. The van der Waals surface area contributed by atoms with Crippen LogP contribution in [-0.4, -0.2) is 90.5 Å². The average molecular weight is 515 g/mol. The first kappa shape index (κ1) is 26.7. The Balaban J connectivity index is 0.000000214. The van der Waals surface area contributed by atoms with Crippen molar-refractivity contribution in [1.82, 2.24) is 19.9 Å². The number of benzene rings is 1. The Hall–Kier alpha value is -2.88. The molecule has 2 aromatic heterocycles. The number of aromatic nitrogens is 4. The second-order valence-electron chi connectivity index (χ2n) is 7.19. The number of fused-ring (bicyclic) bond motifs is 1. The highest BCUT2D eigenvalue weighted by Crippen LogP contribution is 2.37. The van der Waals surface area contributed by atoms with Crippen molar-refractivity contribution < 1.29 is 48.4 Å². The lowest BCUT2D eigenvalue weighted by molar-refractivity contribution is -0.132. The molecule has 7 N–H and O–H groups in total. The number of rotatable bonds is 8. The van der Waals surface area contributed by atoms with Crippen LogP contribution in [0.2, 0.25) is 0 Å². The van der Waals surface area contributed by atoms with Gasteiger partial charge in [-0.3, -0.25) is 4.52 Å². The number of hydrogen-bond acceptors (Lipinski definition) is 12. The van der Waals surface area contributed by atoms with Gasteiger partial charge in [0.15, 0.2) is 17.8 Å². The Kier molecular flexibility index (Phi) is 8.93. The molecule has 15 nitrogen and oxygen atoms in total. The number of ether oxygens (including phenoxy) is 3. The third kappa shape index (κ3) is 7.06. The first-order valence-corrected chi connectivity index (χ1v) is 11.6. The van der Waals surface area contributed by atoms with Gasteiger partial charge in [0, 0.05) is 18.2 Å². The Bertz CT molecular complexity index is 1160. The van der Waals surface area contributed by atoms with Crippen LogP contribution in [0.3, 0.4) is 0 Å². The number of aromatic amines is 1. The van der Waals surface area contributed by atoms with Gasteiger partial charge in [-0.05, 0) is 12.1 Å². The summed E-state index contributed by atoms with van der Waals surface area (Å²) in [6.07, 6.45) is -2.59. The summed E-state index contributed by atoms with van der Waals surface area (Å²) in [5.41, 5.74) is 2.42. The quantitative estimate of drug-likeness (QED) is 0.188. The van der Waals surface area contributed by atoms with Crippen molar-refractivity contribution in [1.29, 1.82) is 0 Å². The molecule has 1 fully saturated rings. The number of phosphoric acid groups is 1. The molecule has 0 aliphatic carbocycles. The molecule has 1 aliphatic rings. The predicted octanol–water partition coefficient (Wildman–Crippen LogP) is -0.483. The zero-order valence-electron chi connectivity index (χ0n) is 18.7. The molecule has 0 amide bonds. The number of nitrogens with one attached hydrogen (secondary N) is 2. The molecule has 0 radical (unpaired) electrons. The van der Waals surface area contributed by atoms with Gasteiger partial charge >= 0.3 is 7.82 Å². The minimum atomic E-state index is -4.64. The van der Waals surface area contributed by atoms with Gasteiger partial charge in [-0.15, -0.1) is 0 Å². The van der Waals surface area contributed by atoms with Gasteiger partial charge in [-0.1, -0.05) is 0 Å². The molecule has 0 spiro atoms. The van der Waals surface area contributed by atoms with Crippen LogP contribution in [-0.2, 0) is 20.4 Å². The maximum absolute atomic E-state index is 10.3. The number of H-pyrrole nitrogens is 1. The summed E-state index contributed by atoms with van der Waals surface area (Å²) in [6.45, 7) is -0.0438. The lowest BCUT2D eigenvalue weighted by Gasteiger charge is -2.14. The second kappa shape index (κ2) is 11.7. The fourth-order valence-electron chi connectivity index (χ4n) is 3.11. The van der Waals surface area contributed by atoms with Crippen LogP contribution in [0.5, 0.6) is 11.5 Å². The van der Waals surface area contributed by atoms with Gasteiger partial charge in [0.2, 0.25) is 0 Å². The monoisotopic (exact) mass is 515 g/mol. The van der Waals surface area contributed by atoms with E-state index in [-0.39, 0.29) is 0 Å². The predicted molar refractivity (Wildman–Crippen MR) is 119 cm³/mol. The van der Waals surface area contributed by atoms with Crippen LogP contribution < -0.4 is 14.8 Å². The van der Waals surface area contributed by atoms with E-state index in [4.69, 9.17) is 34.6 Å². The zero-order valence-corrected chi connectivity index (χ0v) is 19.6. The van der Waals surface area contributed by atoms with Crippen molar-refractivity contribution in [3.63, 3.8) is 0 Å². The highest BCUT2D eigenvalue weighted by molar-refractivity contribution is 7.46. The van der Waals surface area contributed by atoms with E-state index in [1.807, 2.05) is 18.2 Å². The molecule has 1 aliphatic heterocycles. The van der Waals surface area contributed by atoms with Crippen molar-refractivity contribution in [3.05, 3.63) is 36.4 Å². The number of nitrogens with zero attached hydrogens (tertiary/aromatic N) is 3. The smallest absolute Gasteiger partial charge is 0.469 e. The number of phosphoric ester groups is 1. The second-order valence-corrected chi connectivity index (χ2v) is 8.43. The van der Waals surface area contributed by atoms with Gasteiger partial charge in [0.1, 0.15) is 41.7 Å². The third-order valence-electron chi connectivity index (χ3n) is 4.91. The van der Waals surface area contributed by atoms with E-state index in [9.17, 15) is 4.57 Å². The molecular weight excluding hydrogens is 489 g/mol. The molecule has 0 bridgehead atoms. The molecule has 3 heterocycles. The largest absolute Gasteiger partial charge is 0.497 e. The molecule has 16 heteroatoms. The standard InChI is InChI=1S/C14H15N5O2.C5H11O8P/c1-20-10-4-3-9(11(5-10)21-2)6-15-13-12-14(17-7-16-12)19-8-18-13;6-3-2(1-12-14(9,10)11)13-5(8)4(3)7/h3-5,7-8H,6H2,1-2H3,(H2,15,16,17,18,19);2-8H,1H2,(H2,9,10,11)/t;2-,3-,4-,5?/m.1/s1. The van der Waals surface area contributed by atoms with Crippen LogP contribution in [0.4, 0.5) is 5.82 Å². The van der Waals surface area contributed by atoms with Crippen LogP contribution in [0.1, 0.15) is 5.56 Å². The highest BCUT2D eigenvalue weighted by atomic mass is 31.2. The SMILES string of the molecule is COc1ccc(CNc2ncnc3nc[nH]c23)c(OC)c1.O=P(O)(O)OC[C@H]1OC(O)[C@H](O)[C@@H]1O. The molecule has 1 unspecified atom stereocenters. The lowest BCUT2D eigenvalue weighted by atomic mass is 10.1. The first-order chi connectivity index (χ1) is 16.6. The normalized spacial score (nSPS) is 21.9. The Morgan fingerprint density at radius 3 is 2.51 bits per heavy atom. The molecule has 1 saturated heterocycles. The molecule has 4 rings (SSSR count). The number of aliphatic hydroxyl groups is 3. The van der Waals surface area contributed by atoms with Crippen LogP contribution >= 0.6 is 7.82 Å². The van der Waals surface area contributed by atoms with Crippen molar-refractivity contribution >= 4 is 24.8 Å². The number of hydrogen-bond donors (Lipinski definition) is 7. The molecule has 3 aromatic rings. The van der Waals surface area contributed by atoms with E-state index in [1.165, 1.54) is 6.33 Å². The fourth-order valence-corrected chi connectivity index (χ4v) is 3.45. The number of anilines is 1. The van der Waals surface area contributed by atoms with Gasteiger partial charge in [-0.2, -0.15) is 0 Å². The Labute approximate surface area is 198 Å². The van der Waals surface area contributed by atoms with Crippen LogP contribution in [0.25, 0.3) is 11.2 Å². The van der Waals surface area contributed by atoms with Gasteiger partial charge in [0.25, 0.3) is 0 Å². The minimum Gasteiger partial charge on any atom is -0.497 e. The number of methoxy groups -OCH3 is 2. The Morgan fingerprint density at radius 1 is 1.11 bits per heavy atom. The van der Waals surface area contributed by atoms with Crippen molar-refractivity contribution in [3.8, 4) is 11.5 Å². The maximum Gasteiger partial charge on any atom is 0.469 e. The molecule has 0 saturated carbocycles. The summed E-state index contributed by atoms with van der Waals surface area (Å²) in [5, 5.41) is 30.3. The van der Waals surface area contributed by atoms with Crippen LogP contribution in [0, 0.1) is 0 Å². The van der Waals surface area contributed by atoms with Crippen molar-refractivity contribution in [2.75, 3.05) is 26.1 Å². The number of imidazole rings is 1. The summed E-state index contributed by atoms with van der Waals surface area (Å²) in [6, 6.07) is 5.70. The van der Waals surface area contributed by atoms with E-state index < -0.39 is 39.0 Å². The van der Waals surface area contributed by atoms with E-state index >= 15 is 0 Å². The molecule has 192 valence electrons. The van der Waals surface area contributed by atoms with E-state index in [0.717, 1.165) is 22.6 Å². The molecular formula is C19H26N5O10P. The van der Waals surface area contributed by atoms with E-state index in [0.29, 0.717) is 18.0 Å². The summed E-state index contributed by atoms with van der Waals surface area (Å²) in [5.74, 6) is 2.22. The summed E-state index contributed by atoms with van der Waals surface area (Å²) < 4.78 is 29.4. The van der Waals surface area contributed by atoms with Gasteiger partial charge in [0.05, 0.1) is 27.2 Å². The fraction of sp³-hybridized carbons (Fsp3) is 0.421. The highest BCUT2D eigenvalue weighted by Gasteiger charge is 2.42. The Morgan fingerprint density at radius 2 is 1.89 bits per heavy atom. The van der Waals surface area contributed by atoms with E-state index in [2.05, 4.69) is 34.5 Å². The minimum absolute atomic E-state index is 0.568. The van der Waals surface area contributed by atoms with Crippen LogP contribution in [0.15, 0.2) is 30.9 Å². The van der Waals surface area contributed by atoms with E-state index in [1.54, 1.807) is 20.5 Å². The molecule has 1 aromatic carbocycles.